The van der Waals surface area contributed by atoms with Gasteiger partial charge in [-0.2, -0.15) is 0 Å². The topological polar surface area (TPSA) is 116 Å². The predicted octanol–water partition coefficient (Wildman–Crippen LogP) is 3.56. The summed E-state index contributed by atoms with van der Waals surface area (Å²) in [5, 5.41) is 5.39. The molecule has 1 saturated carbocycles. The van der Waals surface area contributed by atoms with E-state index >= 15 is 0 Å². The highest BCUT2D eigenvalue weighted by Gasteiger charge is 2.49. The summed E-state index contributed by atoms with van der Waals surface area (Å²) in [4.78, 5) is 65.4. The van der Waals surface area contributed by atoms with Gasteiger partial charge in [-0.15, -0.1) is 0 Å². The first-order chi connectivity index (χ1) is 16.8. The molecule has 2 N–H and O–H groups in total. The number of rotatable bonds is 6. The van der Waals surface area contributed by atoms with Gasteiger partial charge in [-0.25, -0.2) is 9.69 Å². The first kappa shape index (κ1) is 24.1. The molecule has 2 aromatic rings. The van der Waals surface area contributed by atoms with Crippen molar-refractivity contribution in [3.05, 3.63) is 59.7 Å². The van der Waals surface area contributed by atoms with E-state index in [1.807, 2.05) is 32.0 Å². The first-order valence-electron chi connectivity index (χ1n) is 11.7. The van der Waals surface area contributed by atoms with E-state index in [1.165, 1.54) is 0 Å². The Kier molecular flexibility index (Phi) is 6.95. The van der Waals surface area contributed by atoms with Gasteiger partial charge in [0.15, 0.2) is 0 Å². The number of carbonyl (C=O) groups is 5. The van der Waals surface area contributed by atoms with Crippen molar-refractivity contribution < 1.29 is 24.0 Å². The Morgan fingerprint density at radius 2 is 1.69 bits per heavy atom. The van der Waals surface area contributed by atoms with Gasteiger partial charge in [-0.1, -0.05) is 44.0 Å². The Hall–Kier alpha value is -4.01. The molecule has 0 radical (unpaired) electrons. The zero-order chi connectivity index (χ0) is 25.1. The number of amides is 6. The predicted molar refractivity (Wildman–Crippen MR) is 130 cm³/mol. The normalized spacial score (nSPS) is 20.2. The molecule has 9 heteroatoms. The molecular formula is C26H28N4O5. The van der Waals surface area contributed by atoms with Crippen molar-refractivity contribution in [2.24, 2.45) is 5.92 Å². The molecule has 1 heterocycles. The van der Waals surface area contributed by atoms with E-state index in [9.17, 15) is 24.0 Å². The number of nitrogens with one attached hydrogen (secondary N) is 2. The quantitative estimate of drug-likeness (QED) is 0.489. The van der Waals surface area contributed by atoms with Crippen LogP contribution in [0.1, 0.15) is 48.5 Å². The van der Waals surface area contributed by atoms with E-state index in [-0.39, 0.29) is 23.2 Å². The number of hydrogen-bond donors (Lipinski definition) is 2. The number of benzene rings is 2. The second-order valence-corrected chi connectivity index (χ2v) is 9.10. The summed E-state index contributed by atoms with van der Waals surface area (Å²) in [5.74, 6) is -2.91. The van der Waals surface area contributed by atoms with Gasteiger partial charge in [0.1, 0.15) is 6.54 Å². The van der Waals surface area contributed by atoms with Gasteiger partial charge < -0.3 is 10.6 Å². The van der Waals surface area contributed by atoms with Gasteiger partial charge in [0.05, 0.1) is 11.3 Å². The molecule has 0 unspecified atom stereocenters. The Balaban J connectivity index is 1.45. The summed E-state index contributed by atoms with van der Waals surface area (Å²) >= 11 is 0. The molecule has 0 bridgehead atoms. The molecule has 35 heavy (non-hydrogen) atoms. The lowest BCUT2D eigenvalue weighted by molar-refractivity contribution is -0.145. The molecule has 1 aliphatic carbocycles. The molecule has 9 nitrogen and oxygen atoms in total. The van der Waals surface area contributed by atoms with E-state index in [0.717, 1.165) is 29.7 Å². The summed E-state index contributed by atoms with van der Waals surface area (Å²) in [5.41, 5.74) is 2.04. The number of nitrogens with zero attached hydrogens (tertiary/aromatic N) is 2. The highest BCUT2D eigenvalue weighted by Crippen LogP contribution is 2.31. The molecule has 2 atom stereocenters. The van der Waals surface area contributed by atoms with Crippen LogP contribution in [-0.4, -0.2) is 52.0 Å². The van der Waals surface area contributed by atoms with Crippen molar-refractivity contribution >= 4 is 41.0 Å². The number of carbonyl (C=O) groups excluding carboxylic acids is 5. The molecule has 6 amide bonds. The van der Waals surface area contributed by atoms with Crippen LogP contribution in [0.15, 0.2) is 48.5 Å². The number of aryl methyl sites for hydroxylation is 1. The molecule has 2 fully saturated rings. The first-order valence-corrected chi connectivity index (χ1v) is 11.7. The summed E-state index contributed by atoms with van der Waals surface area (Å²) in [6.07, 6.45) is 3.42. The second kappa shape index (κ2) is 10.1. The van der Waals surface area contributed by atoms with Crippen LogP contribution in [0.4, 0.5) is 16.2 Å². The number of hydrogen-bond acceptors (Lipinski definition) is 5. The standard InChI is InChI=1S/C26H28N4O5/c1-16-8-7-10-18(14-16)27-23(32)19-11-4-5-12-20(19)28-22(31)15-29-24(33)25(34)30(26(29)35)21-13-6-3-9-17(21)2/h4-5,7-8,10-12,14,17,21H,3,6,9,13,15H2,1-2H3,(H,27,32)(H,28,31)/t17-,21-/m0/s1. The van der Waals surface area contributed by atoms with Crippen molar-refractivity contribution in [3.63, 3.8) is 0 Å². The smallest absolute Gasteiger partial charge is 0.324 e. The number of urea groups is 1. The Bertz CT molecular complexity index is 1190. The fourth-order valence-electron chi connectivity index (χ4n) is 4.68. The lowest BCUT2D eigenvalue weighted by Gasteiger charge is -2.34. The molecule has 182 valence electrons. The zero-order valence-corrected chi connectivity index (χ0v) is 19.7. The molecule has 2 aromatic carbocycles. The van der Waals surface area contributed by atoms with Crippen LogP contribution in [0.5, 0.6) is 0 Å². The van der Waals surface area contributed by atoms with Crippen molar-refractivity contribution in [2.75, 3.05) is 17.2 Å². The third-order valence-corrected chi connectivity index (χ3v) is 6.51. The van der Waals surface area contributed by atoms with Crippen molar-refractivity contribution in [2.45, 2.75) is 45.6 Å². The van der Waals surface area contributed by atoms with Crippen molar-refractivity contribution in [1.82, 2.24) is 9.80 Å². The lowest BCUT2D eigenvalue weighted by Crippen LogP contribution is -2.46. The third kappa shape index (κ3) is 5.08. The summed E-state index contributed by atoms with van der Waals surface area (Å²) in [6.45, 7) is 3.25. The zero-order valence-electron chi connectivity index (χ0n) is 19.7. The van der Waals surface area contributed by atoms with E-state index in [2.05, 4.69) is 10.6 Å². The lowest BCUT2D eigenvalue weighted by atomic mass is 9.85. The van der Waals surface area contributed by atoms with E-state index in [1.54, 1.807) is 30.3 Å². The van der Waals surface area contributed by atoms with Crippen LogP contribution in [-0.2, 0) is 14.4 Å². The number of imide groups is 2. The maximum Gasteiger partial charge on any atom is 0.334 e. The van der Waals surface area contributed by atoms with Gasteiger partial charge in [0, 0.05) is 11.7 Å². The number of anilines is 2. The van der Waals surface area contributed by atoms with Crippen LogP contribution in [0.2, 0.25) is 0 Å². The molecule has 1 saturated heterocycles. The maximum atomic E-state index is 12.9. The average molecular weight is 477 g/mol. The van der Waals surface area contributed by atoms with Crippen LogP contribution < -0.4 is 10.6 Å². The molecule has 4 rings (SSSR count). The molecular weight excluding hydrogens is 448 g/mol. The molecule has 0 aromatic heterocycles. The fourth-order valence-corrected chi connectivity index (χ4v) is 4.68. The fraction of sp³-hybridized carbons (Fsp3) is 0.346. The van der Waals surface area contributed by atoms with Crippen molar-refractivity contribution in [3.8, 4) is 0 Å². The minimum atomic E-state index is -1.01. The van der Waals surface area contributed by atoms with Gasteiger partial charge >= 0.3 is 17.8 Å². The van der Waals surface area contributed by atoms with Gasteiger partial charge in [-0.05, 0) is 55.5 Å². The largest absolute Gasteiger partial charge is 0.334 e. The van der Waals surface area contributed by atoms with E-state index in [4.69, 9.17) is 0 Å². The molecule has 1 aliphatic heterocycles. The third-order valence-electron chi connectivity index (χ3n) is 6.51. The summed E-state index contributed by atoms with van der Waals surface area (Å²) in [7, 11) is 0. The van der Waals surface area contributed by atoms with Crippen LogP contribution >= 0.6 is 0 Å². The van der Waals surface area contributed by atoms with Gasteiger partial charge in [0.2, 0.25) is 5.91 Å². The van der Waals surface area contributed by atoms with Crippen LogP contribution in [0.25, 0.3) is 0 Å². The summed E-state index contributed by atoms with van der Waals surface area (Å²) in [6, 6.07) is 12.6. The Morgan fingerprint density at radius 3 is 2.43 bits per heavy atom. The average Bonchev–Trinajstić information content (AvgIpc) is 3.03. The van der Waals surface area contributed by atoms with Gasteiger partial charge in [-0.3, -0.25) is 24.1 Å². The van der Waals surface area contributed by atoms with Gasteiger partial charge in [0.25, 0.3) is 5.91 Å². The maximum absolute atomic E-state index is 12.9. The van der Waals surface area contributed by atoms with Crippen LogP contribution in [0, 0.1) is 12.8 Å². The minimum absolute atomic E-state index is 0.0945. The number of para-hydroxylation sites is 1. The van der Waals surface area contributed by atoms with Crippen LogP contribution in [0.3, 0.4) is 0 Å². The van der Waals surface area contributed by atoms with E-state index < -0.39 is 36.2 Å². The Morgan fingerprint density at radius 1 is 0.943 bits per heavy atom. The highest BCUT2D eigenvalue weighted by molar-refractivity contribution is 6.45. The summed E-state index contributed by atoms with van der Waals surface area (Å²) < 4.78 is 0. The molecule has 0 spiro atoms. The monoisotopic (exact) mass is 476 g/mol. The minimum Gasteiger partial charge on any atom is -0.324 e. The van der Waals surface area contributed by atoms with E-state index in [0.29, 0.717) is 17.0 Å². The highest BCUT2D eigenvalue weighted by atomic mass is 16.2. The Labute approximate surface area is 203 Å². The second-order valence-electron chi connectivity index (χ2n) is 9.10. The van der Waals surface area contributed by atoms with Crippen molar-refractivity contribution in [1.29, 1.82) is 0 Å². The molecule has 2 aliphatic rings. The SMILES string of the molecule is Cc1cccc(NC(=O)c2ccccc2NC(=O)CN2C(=O)C(=O)N([C@H]3CCCC[C@@H]3C)C2=O)c1.